The Morgan fingerprint density at radius 1 is 1.22 bits per heavy atom. The molecular weight excluding hydrogens is 314 g/mol. The third kappa shape index (κ3) is 5.91. The van der Waals surface area contributed by atoms with Crippen molar-refractivity contribution in [3.63, 3.8) is 0 Å². The van der Waals surface area contributed by atoms with Gasteiger partial charge in [-0.05, 0) is 12.1 Å². The van der Waals surface area contributed by atoms with Crippen LogP contribution in [0.4, 0.5) is 5.69 Å². The Labute approximate surface area is 137 Å². The molecule has 0 aromatic heterocycles. The van der Waals surface area contributed by atoms with E-state index >= 15 is 0 Å². The van der Waals surface area contributed by atoms with E-state index in [1.165, 1.54) is 18.3 Å². The summed E-state index contributed by atoms with van der Waals surface area (Å²) < 4.78 is 0. The van der Waals surface area contributed by atoms with Gasteiger partial charge in [0.1, 0.15) is 0 Å². The van der Waals surface area contributed by atoms with Crippen LogP contribution in [0.5, 0.6) is 0 Å². The van der Waals surface area contributed by atoms with Crippen LogP contribution in [-0.2, 0) is 4.79 Å². The summed E-state index contributed by atoms with van der Waals surface area (Å²) >= 11 is 1.60. The van der Waals surface area contributed by atoms with Crippen LogP contribution in [0.2, 0.25) is 0 Å². The second kappa shape index (κ2) is 8.70. The molecule has 2 aromatic rings. The quantitative estimate of drug-likeness (QED) is 0.366. The van der Waals surface area contributed by atoms with Crippen LogP contribution in [0.15, 0.2) is 64.6 Å². The van der Waals surface area contributed by atoms with Gasteiger partial charge in [0, 0.05) is 34.8 Å². The van der Waals surface area contributed by atoms with E-state index in [1.807, 2.05) is 30.3 Å². The molecule has 0 spiro atoms. The van der Waals surface area contributed by atoms with Crippen LogP contribution in [-0.4, -0.2) is 22.8 Å². The lowest BCUT2D eigenvalue weighted by Crippen LogP contribution is -2.17. The van der Waals surface area contributed by atoms with E-state index in [-0.39, 0.29) is 11.6 Å². The van der Waals surface area contributed by atoms with Crippen LogP contribution in [0.25, 0.3) is 0 Å². The summed E-state index contributed by atoms with van der Waals surface area (Å²) in [4.78, 5) is 22.9. The third-order valence-electron chi connectivity index (χ3n) is 2.82. The van der Waals surface area contributed by atoms with Crippen molar-refractivity contribution in [1.82, 2.24) is 5.43 Å². The van der Waals surface area contributed by atoms with Crippen LogP contribution >= 0.6 is 11.8 Å². The normalized spacial score (nSPS) is 10.6. The number of hydrazone groups is 1. The van der Waals surface area contributed by atoms with Gasteiger partial charge in [0.05, 0.1) is 11.1 Å². The fraction of sp³-hybridized carbons (Fsp3) is 0.125. The molecule has 0 unspecified atom stereocenters. The van der Waals surface area contributed by atoms with Gasteiger partial charge in [0.15, 0.2) is 0 Å². The minimum absolute atomic E-state index is 0.0143. The molecule has 1 N–H and O–H groups in total. The summed E-state index contributed by atoms with van der Waals surface area (Å²) in [5, 5.41) is 14.5. The van der Waals surface area contributed by atoms with Crippen molar-refractivity contribution in [3.8, 4) is 0 Å². The number of hydrogen-bond acceptors (Lipinski definition) is 5. The second-order valence-corrected chi connectivity index (χ2v) is 5.73. The Hall–Kier alpha value is -2.67. The molecule has 0 heterocycles. The largest absolute Gasteiger partial charge is 0.273 e. The Morgan fingerprint density at radius 2 is 2.00 bits per heavy atom. The van der Waals surface area contributed by atoms with Crippen LogP contribution in [0, 0.1) is 10.1 Å². The second-order valence-electron chi connectivity index (χ2n) is 4.56. The molecule has 2 rings (SSSR count). The van der Waals surface area contributed by atoms with Crippen molar-refractivity contribution in [1.29, 1.82) is 0 Å². The molecule has 2 aromatic carbocycles. The lowest BCUT2D eigenvalue weighted by atomic mass is 10.2. The molecule has 23 heavy (non-hydrogen) atoms. The number of nitro groups is 1. The number of nitro benzene ring substituents is 1. The Balaban J connectivity index is 1.75. The molecule has 0 saturated heterocycles. The molecule has 6 nitrogen and oxygen atoms in total. The number of rotatable bonds is 7. The number of carbonyl (C=O) groups excluding carboxylic acids is 1. The first-order valence-electron chi connectivity index (χ1n) is 6.89. The summed E-state index contributed by atoms with van der Waals surface area (Å²) in [5.41, 5.74) is 2.95. The van der Waals surface area contributed by atoms with Gasteiger partial charge in [-0.2, -0.15) is 5.10 Å². The van der Waals surface area contributed by atoms with Gasteiger partial charge >= 0.3 is 0 Å². The van der Waals surface area contributed by atoms with E-state index in [0.29, 0.717) is 17.7 Å². The zero-order valence-electron chi connectivity index (χ0n) is 12.2. The van der Waals surface area contributed by atoms with E-state index in [0.717, 1.165) is 4.90 Å². The molecule has 0 fully saturated rings. The van der Waals surface area contributed by atoms with Crippen molar-refractivity contribution in [2.75, 3.05) is 5.75 Å². The lowest BCUT2D eigenvalue weighted by Gasteiger charge is -2.01. The topological polar surface area (TPSA) is 84.6 Å². The summed E-state index contributed by atoms with van der Waals surface area (Å²) in [5.74, 6) is 0.456. The number of amides is 1. The Morgan fingerprint density at radius 3 is 2.74 bits per heavy atom. The van der Waals surface area contributed by atoms with Crippen molar-refractivity contribution in [2.45, 2.75) is 11.3 Å². The van der Waals surface area contributed by atoms with E-state index in [1.54, 1.807) is 23.9 Å². The van der Waals surface area contributed by atoms with E-state index in [9.17, 15) is 14.9 Å². The highest BCUT2D eigenvalue weighted by Gasteiger charge is 2.04. The summed E-state index contributed by atoms with van der Waals surface area (Å²) in [6, 6.07) is 15.9. The van der Waals surface area contributed by atoms with Gasteiger partial charge in [-0.3, -0.25) is 14.9 Å². The zero-order valence-corrected chi connectivity index (χ0v) is 13.0. The van der Waals surface area contributed by atoms with Gasteiger partial charge in [0.2, 0.25) is 5.91 Å². The maximum absolute atomic E-state index is 11.7. The van der Waals surface area contributed by atoms with E-state index in [4.69, 9.17) is 0 Å². The highest BCUT2D eigenvalue weighted by atomic mass is 32.2. The molecule has 0 bridgehead atoms. The van der Waals surface area contributed by atoms with Gasteiger partial charge in [-0.15, -0.1) is 11.8 Å². The lowest BCUT2D eigenvalue weighted by molar-refractivity contribution is -0.384. The van der Waals surface area contributed by atoms with Crippen molar-refractivity contribution in [2.24, 2.45) is 5.10 Å². The average molecular weight is 329 g/mol. The smallest absolute Gasteiger partial charge is 0.270 e. The molecule has 1 amide bonds. The van der Waals surface area contributed by atoms with Crippen LogP contribution in [0.3, 0.4) is 0 Å². The minimum Gasteiger partial charge on any atom is -0.273 e. The molecule has 0 saturated carbocycles. The predicted octanol–water partition coefficient (Wildman–Crippen LogP) is 3.23. The molecule has 7 heteroatoms. The molecule has 0 aliphatic carbocycles. The van der Waals surface area contributed by atoms with Crippen molar-refractivity contribution < 1.29 is 9.72 Å². The van der Waals surface area contributed by atoms with Crippen LogP contribution < -0.4 is 5.43 Å². The van der Waals surface area contributed by atoms with Gasteiger partial charge < -0.3 is 0 Å². The summed E-state index contributed by atoms with van der Waals surface area (Å²) in [6.45, 7) is 0. The summed E-state index contributed by atoms with van der Waals surface area (Å²) in [7, 11) is 0. The first kappa shape index (κ1) is 16.7. The first-order valence-corrected chi connectivity index (χ1v) is 7.88. The third-order valence-corrected chi connectivity index (χ3v) is 3.84. The predicted molar refractivity (Wildman–Crippen MR) is 90.6 cm³/mol. The highest BCUT2D eigenvalue weighted by Crippen LogP contribution is 2.17. The number of carbonyl (C=O) groups is 1. The van der Waals surface area contributed by atoms with Crippen molar-refractivity contribution >= 4 is 29.6 Å². The SMILES string of the molecule is O=C(CCSc1ccccc1)N/N=C\c1cccc([N+](=O)[O-])c1. The highest BCUT2D eigenvalue weighted by molar-refractivity contribution is 7.99. The maximum atomic E-state index is 11.7. The fourth-order valence-electron chi connectivity index (χ4n) is 1.73. The monoisotopic (exact) mass is 329 g/mol. The van der Waals surface area contributed by atoms with E-state index < -0.39 is 4.92 Å². The Bertz CT molecular complexity index is 705. The molecule has 0 radical (unpaired) electrons. The average Bonchev–Trinajstić information content (AvgIpc) is 2.56. The van der Waals surface area contributed by atoms with Crippen molar-refractivity contribution in [3.05, 3.63) is 70.3 Å². The first-order chi connectivity index (χ1) is 11.1. The number of thioether (sulfide) groups is 1. The van der Waals surface area contributed by atoms with Gasteiger partial charge in [0.25, 0.3) is 5.69 Å². The standard InChI is InChI=1S/C16H15N3O3S/c20-16(9-10-23-15-7-2-1-3-8-15)18-17-12-13-5-4-6-14(11-13)19(21)22/h1-8,11-12H,9-10H2,(H,18,20)/b17-12-. The molecule has 0 aliphatic heterocycles. The minimum atomic E-state index is -0.475. The molecule has 118 valence electrons. The van der Waals surface area contributed by atoms with Gasteiger partial charge in [-0.25, -0.2) is 5.43 Å². The molecule has 0 aliphatic rings. The number of benzene rings is 2. The number of nitrogens with zero attached hydrogens (tertiary/aromatic N) is 2. The van der Waals surface area contributed by atoms with E-state index in [2.05, 4.69) is 10.5 Å². The maximum Gasteiger partial charge on any atom is 0.270 e. The molecular formula is C16H15N3O3S. The molecule has 0 atom stereocenters. The number of hydrogen-bond donors (Lipinski definition) is 1. The number of nitrogens with one attached hydrogen (secondary N) is 1. The Kier molecular flexibility index (Phi) is 6.31. The van der Waals surface area contributed by atoms with Gasteiger partial charge in [-0.1, -0.05) is 30.3 Å². The number of non-ortho nitro benzene ring substituents is 1. The van der Waals surface area contributed by atoms with Crippen LogP contribution in [0.1, 0.15) is 12.0 Å². The zero-order chi connectivity index (χ0) is 16.5. The summed E-state index contributed by atoms with van der Waals surface area (Å²) in [6.07, 6.45) is 1.72. The fourth-order valence-corrected chi connectivity index (χ4v) is 2.60.